The Balaban J connectivity index is 2.62. The van der Waals surface area contributed by atoms with E-state index in [1.807, 2.05) is 6.92 Å². The van der Waals surface area contributed by atoms with Crippen molar-refractivity contribution in [1.29, 1.82) is 0 Å². The summed E-state index contributed by atoms with van der Waals surface area (Å²) in [4.78, 5) is 11.7. The van der Waals surface area contributed by atoms with Crippen molar-refractivity contribution in [3.8, 4) is 0 Å². The molecule has 0 saturated carbocycles. The predicted molar refractivity (Wildman–Crippen MR) is 71.1 cm³/mol. The molecule has 1 rings (SSSR count). The minimum absolute atomic E-state index is 0.0108. The van der Waals surface area contributed by atoms with Gasteiger partial charge in [0.05, 0.1) is 4.90 Å². The van der Waals surface area contributed by atoms with Crippen LogP contribution in [0.5, 0.6) is 0 Å². The van der Waals surface area contributed by atoms with Gasteiger partial charge in [0.15, 0.2) is 9.84 Å². The topological polar surface area (TPSA) is 89.3 Å². The van der Waals surface area contributed by atoms with Crippen LogP contribution < -0.4 is 11.1 Å². The molecule has 18 heavy (non-hydrogen) atoms. The summed E-state index contributed by atoms with van der Waals surface area (Å²) >= 11 is 0. The van der Waals surface area contributed by atoms with Crippen molar-refractivity contribution >= 4 is 21.4 Å². The maximum absolute atomic E-state index is 11.5. The summed E-state index contributed by atoms with van der Waals surface area (Å²) in [6.07, 6.45) is 2.11. The van der Waals surface area contributed by atoms with Gasteiger partial charge in [0, 0.05) is 24.4 Å². The van der Waals surface area contributed by atoms with Gasteiger partial charge in [-0.25, -0.2) is 8.42 Å². The van der Waals surface area contributed by atoms with E-state index in [9.17, 15) is 13.2 Å². The van der Waals surface area contributed by atoms with Gasteiger partial charge in [-0.05, 0) is 37.6 Å². The number of nitrogens with one attached hydrogen (secondary N) is 1. The Morgan fingerprint density at radius 1 is 1.33 bits per heavy atom. The maximum Gasteiger partial charge on any atom is 0.224 e. The number of hydrogen-bond acceptors (Lipinski definition) is 4. The number of benzene rings is 1. The molecule has 0 aliphatic carbocycles. The lowest BCUT2D eigenvalue weighted by Crippen LogP contribution is -2.19. The zero-order valence-corrected chi connectivity index (χ0v) is 11.3. The third-order valence-electron chi connectivity index (χ3n) is 2.39. The summed E-state index contributed by atoms with van der Waals surface area (Å²) in [7, 11) is -3.20. The van der Waals surface area contributed by atoms with Gasteiger partial charge in [-0.15, -0.1) is 0 Å². The Bertz CT molecular complexity index is 507. The van der Waals surface area contributed by atoms with E-state index >= 15 is 0 Å². The van der Waals surface area contributed by atoms with Crippen LogP contribution >= 0.6 is 0 Å². The van der Waals surface area contributed by atoms with E-state index in [2.05, 4.69) is 5.32 Å². The standard InChI is InChI=1S/C12H18N2O3S/c1-9(13)3-8-12(15)14-10-4-6-11(7-5-10)18(2,16)17/h4-7,9H,3,8,13H2,1-2H3,(H,14,15). The van der Waals surface area contributed by atoms with Crippen molar-refractivity contribution in [3.63, 3.8) is 0 Å². The molecule has 0 aliphatic rings. The van der Waals surface area contributed by atoms with Crippen LogP contribution in [0.15, 0.2) is 29.2 Å². The van der Waals surface area contributed by atoms with Crippen molar-refractivity contribution in [3.05, 3.63) is 24.3 Å². The van der Waals surface area contributed by atoms with E-state index < -0.39 is 9.84 Å². The van der Waals surface area contributed by atoms with Crippen molar-refractivity contribution in [2.45, 2.75) is 30.7 Å². The molecule has 1 amide bonds. The first-order valence-corrected chi connectivity index (χ1v) is 7.54. The summed E-state index contributed by atoms with van der Waals surface area (Å²) in [5, 5.41) is 2.69. The summed E-state index contributed by atoms with van der Waals surface area (Å²) in [5.74, 6) is -0.126. The molecule has 0 aliphatic heterocycles. The highest BCUT2D eigenvalue weighted by Crippen LogP contribution is 2.14. The number of hydrogen-bond donors (Lipinski definition) is 2. The smallest absolute Gasteiger partial charge is 0.224 e. The SMILES string of the molecule is CC(N)CCC(=O)Nc1ccc(S(C)(=O)=O)cc1. The predicted octanol–water partition coefficient (Wildman–Crippen LogP) is 1.16. The summed E-state index contributed by atoms with van der Waals surface area (Å²) in [6.45, 7) is 1.84. The van der Waals surface area contributed by atoms with Crippen LogP contribution in [0.4, 0.5) is 5.69 Å². The highest BCUT2D eigenvalue weighted by Gasteiger charge is 2.08. The first kappa shape index (κ1) is 14.7. The van der Waals surface area contributed by atoms with Gasteiger partial charge in [0.2, 0.25) is 5.91 Å². The summed E-state index contributed by atoms with van der Waals surface area (Å²) < 4.78 is 22.5. The molecule has 0 spiro atoms. The van der Waals surface area contributed by atoms with Crippen LogP contribution in [0.3, 0.4) is 0 Å². The molecule has 0 saturated heterocycles. The van der Waals surface area contributed by atoms with E-state index in [0.29, 0.717) is 18.5 Å². The molecule has 0 fully saturated rings. The Hall–Kier alpha value is -1.40. The van der Waals surface area contributed by atoms with Crippen LogP contribution in [-0.4, -0.2) is 26.6 Å². The molecule has 3 N–H and O–H groups in total. The number of rotatable bonds is 5. The average Bonchev–Trinajstić information content (AvgIpc) is 2.26. The fourth-order valence-electron chi connectivity index (χ4n) is 1.37. The number of anilines is 1. The van der Waals surface area contributed by atoms with E-state index in [0.717, 1.165) is 6.26 Å². The van der Waals surface area contributed by atoms with E-state index in [-0.39, 0.29) is 16.8 Å². The van der Waals surface area contributed by atoms with Gasteiger partial charge < -0.3 is 11.1 Å². The zero-order valence-electron chi connectivity index (χ0n) is 10.5. The number of carbonyl (C=O) groups excluding carboxylic acids is 1. The molecule has 1 aromatic carbocycles. The number of sulfone groups is 1. The van der Waals surface area contributed by atoms with Gasteiger partial charge in [-0.2, -0.15) is 0 Å². The van der Waals surface area contributed by atoms with Crippen LogP contribution in [0.1, 0.15) is 19.8 Å². The van der Waals surface area contributed by atoms with Crippen molar-refractivity contribution < 1.29 is 13.2 Å². The van der Waals surface area contributed by atoms with Crippen LogP contribution in [0.2, 0.25) is 0 Å². The minimum atomic E-state index is -3.20. The molecular formula is C12H18N2O3S. The monoisotopic (exact) mass is 270 g/mol. The van der Waals surface area contributed by atoms with E-state index in [1.165, 1.54) is 12.1 Å². The van der Waals surface area contributed by atoms with Crippen LogP contribution in [0, 0.1) is 0 Å². The maximum atomic E-state index is 11.5. The molecule has 100 valence electrons. The second-order valence-corrected chi connectivity index (χ2v) is 6.38. The van der Waals surface area contributed by atoms with E-state index in [1.54, 1.807) is 12.1 Å². The minimum Gasteiger partial charge on any atom is -0.328 e. The molecule has 0 bridgehead atoms. The van der Waals surface area contributed by atoms with Crippen molar-refractivity contribution in [2.24, 2.45) is 5.73 Å². The summed E-state index contributed by atoms with van der Waals surface area (Å²) in [6, 6.07) is 6.07. The molecule has 0 aromatic heterocycles. The van der Waals surface area contributed by atoms with Crippen molar-refractivity contribution in [1.82, 2.24) is 0 Å². The van der Waals surface area contributed by atoms with Gasteiger partial charge in [0.1, 0.15) is 0 Å². The fraction of sp³-hybridized carbons (Fsp3) is 0.417. The third-order valence-corrected chi connectivity index (χ3v) is 3.52. The third kappa shape index (κ3) is 4.85. The lowest BCUT2D eigenvalue weighted by atomic mass is 10.2. The van der Waals surface area contributed by atoms with Gasteiger partial charge in [0.25, 0.3) is 0 Å². The Morgan fingerprint density at radius 3 is 2.33 bits per heavy atom. The average molecular weight is 270 g/mol. The molecule has 0 heterocycles. The molecule has 1 aromatic rings. The first-order chi connectivity index (χ1) is 8.29. The van der Waals surface area contributed by atoms with Crippen LogP contribution in [0.25, 0.3) is 0 Å². The zero-order chi connectivity index (χ0) is 13.8. The normalized spacial score (nSPS) is 13.1. The highest BCUT2D eigenvalue weighted by atomic mass is 32.2. The lowest BCUT2D eigenvalue weighted by molar-refractivity contribution is -0.116. The highest BCUT2D eigenvalue weighted by molar-refractivity contribution is 7.90. The molecule has 1 unspecified atom stereocenters. The van der Waals surface area contributed by atoms with Crippen molar-refractivity contribution in [2.75, 3.05) is 11.6 Å². The summed E-state index contributed by atoms with van der Waals surface area (Å²) in [5.41, 5.74) is 6.14. The second kappa shape index (κ2) is 5.97. The van der Waals surface area contributed by atoms with Gasteiger partial charge in [-0.1, -0.05) is 0 Å². The number of carbonyl (C=O) groups is 1. The van der Waals surface area contributed by atoms with E-state index in [4.69, 9.17) is 5.73 Å². The Morgan fingerprint density at radius 2 is 1.89 bits per heavy atom. The number of nitrogens with two attached hydrogens (primary N) is 1. The number of amides is 1. The molecular weight excluding hydrogens is 252 g/mol. The molecule has 0 radical (unpaired) electrons. The Labute approximate surface area is 107 Å². The van der Waals surface area contributed by atoms with Crippen LogP contribution in [-0.2, 0) is 14.6 Å². The second-order valence-electron chi connectivity index (χ2n) is 4.36. The first-order valence-electron chi connectivity index (χ1n) is 5.64. The molecule has 5 nitrogen and oxygen atoms in total. The lowest BCUT2D eigenvalue weighted by Gasteiger charge is -2.07. The molecule has 6 heteroatoms. The quantitative estimate of drug-likeness (QED) is 0.840. The largest absolute Gasteiger partial charge is 0.328 e. The fourth-order valence-corrected chi connectivity index (χ4v) is 2.00. The van der Waals surface area contributed by atoms with Gasteiger partial charge in [-0.3, -0.25) is 4.79 Å². The Kier molecular flexibility index (Phi) is 4.86. The molecule has 1 atom stereocenters. The van der Waals surface area contributed by atoms with Gasteiger partial charge >= 0.3 is 0 Å².